The number of rotatable bonds is 0. The van der Waals surface area contributed by atoms with Crippen molar-refractivity contribution in [1.82, 2.24) is 0 Å². The van der Waals surface area contributed by atoms with Gasteiger partial charge in [0.25, 0.3) is 0 Å². The molecule has 0 aromatic rings. The van der Waals surface area contributed by atoms with Crippen LogP contribution in [0.1, 0.15) is 0 Å². The highest BCUT2D eigenvalue weighted by Crippen LogP contribution is 2.29. The Balaban J connectivity index is 2.11. The van der Waals surface area contributed by atoms with Crippen molar-refractivity contribution in [3.05, 3.63) is 0 Å². The molecule has 2 aliphatic rings. The summed E-state index contributed by atoms with van der Waals surface area (Å²) >= 11 is 0. The second-order valence-corrected chi connectivity index (χ2v) is 3.00. The van der Waals surface area contributed by atoms with E-state index in [0.29, 0.717) is 13.2 Å². The van der Waals surface area contributed by atoms with E-state index in [2.05, 4.69) is 6.07 Å². The van der Waals surface area contributed by atoms with E-state index >= 15 is 0 Å². The molecule has 0 saturated carbocycles. The SMILES string of the molecule is N#CC1COC2C(N)COC12. The molecule has 11 heavy (non-hydrogen) atoms. The Morgan fingerprint density at radius 1 is 1.27 bits per heavy atom. The molecule has 2 saturated heterocycles. The largest absolute Gasteiger partial charge is 0.372 e. The minimum absolute atomic E-state index is 0.0420. The number of nitriles is 1. The van der Waals surface area contributed by atoms with Crippen molar-refractivity contribution in [1.29, 1.82) is 5.26 Å². The van der Waals surface area contributed by atoms with E-state index in [1.807, 2.05) is 0 Å². The van der Waals surface area contributed by atoms with Gasteiger partial charge in [-0.15, -0.1) is 0 Å². The molecule has 0 aromatic heterocycles. The molecule has 0 aromatic carbocycles. The zero-order valence-electron chi connectivity index (χ0n) is 6.06. The van der Waals surface area contributed by atoms with Gasteiger partial charge in [-0.05, 0) is 0 Å². The maximum Gasteiger partial charge on any atom is 0.103 e. The maximum absolute atomic E-state index is 8.65. The number of fused-ring (bicyclic) bond motifs is 1. The van der Waals surface area contributed by atoms with Crippen molar-refractivity contribution in [2.45, 2.75) is 18.2 Å². The van der Waals surface area contributed by atoms with E-state index in [9.17, 15) is 0 Å². The Bertz CT molecular complexity index is 201. The van der Waals surface area contributed by atoms with Crippen molar-refractivity contribution < 1.29 is 9.47 Å². The average Bonchev–Trinajstić information content (AvgIpc) is 2.53. The average molecular weight is 154 g/mol. The molecular formula is C7H10N2O2. The van der Waals surface area contributed by atoms with Gasteiger partial charge in [-0.1, -0.05) is 0 Å². The molecule has 4 atom stereocenters. The molecule has 2 fully saturated rings. The summed E-state index contributed by atoms with van der Waals surface area (Å²) in [4.78, 5) is 0. The molecule has 2 aliphatic heterocycles. The fourth-order valence-electron chi connectivity index (χ4n) is 1.64. The van der Waals surface area contributed by atoms with Crippen LogP contribution in [0.3, 0.4) is 0 Å². The van der Waals surface area contributed by atoms with Gasteiger partial charge < -0.3 is 15.2 Å². The summed E-state index contributed by atoms with van der Waals surface area (Å²) in [6, 6.07) is 2.11. The van der Waals surface area contributed by atoms with E-state index in [1.165, 1.54) is 0 Å². The predicted molar refractivity (Wildman–Crippen MR) is 36.6 cm³/mol. The third-order valence-corrected chi connectivity index (χ3v) is 2.26. The summed E-state index contributed by atoms with van der Waals surface area (Å²) in [7, 11) is 0. The molecule has 0 radical (unpaired) electrons. The molecule has 0 spiro atoms. The molecular weight excluding hydrogens is 144 g/mol. The van der Waals surface area contributed by atoms with Crippen LogP contribution < -0.4 is 5.73 Å². The highest BCUT2D eigenvalue weighted by Gasteiger charge is 2.46. The van der Waals surface area contributed by atoms with Gasteiger partial charge >= 0.3 is 0 Å². The van der Waals surface area contributed by atoms with Crippen LogP contribution in [0.15, 0.2) is 0 Å². The highest BCUT2D eigenvalue weighted by molar-refractivity contribution is 5.03. The van der Waals surface area contributed by atoms with Crippen LogP contribution in [0, 0.1) is 17.2 Å². The molecule has 4 unspecified atom stereocenters. The predicted octanol–water partition coefficient (Wildman–Crippen LogP) is -0.749. The van der Waals surface area contributed by atoms with E-state index in [1.54, 1.807) is 0 Å². The van der Waals surface area contributed by atoms with E-state index in [-0.39, 0.29) is 24.2 Å². The van der Waals surface area contributed by atoms with Crippen LogP contribution >= 0.6 is 0 Å². The van der Waals surface area contributed by atoms with Crippen LogP contribution in [-0.2, 0) is 9.47 Å². The fraction of sp³-hybridized carbons (Fsp3) is 0.857. The van der Waals surface area contributed by atoms with Crippen molar-refractivity contribution in [2.24, 2.45) is 11.7 Å². The summed E-state index contributed by atoms with van der Waals surface area (Å²) in [5, 5.41) is 8.65. The number of nitrogens with zero attached hydrogens (tertiary/aromatic N) is 1. The minimum Gasteiger partial charge on any atom is -0.372 e. The normalized spacial score (nSPS) is 48.7. The Hall–Kier alpha value is -0.630. The first kappa shape index (κ1) is 7.04. The standard InChI is InChI=1S/C7H10N2O2/c8-1-4-2-10-7-5(9)3-11-6(4)7/h4-7H,2-3,9H2. The Kier molecular flexibility index (Phi) is 1.57. The van der Waals surface area contributed by atoms with Gasteiger partial charge in [-0.25, -0.2) is 0 Å². The quantitative estimate of drug-likeness (QED) is 0.498. The van der Waals surface area contributed by atoms with Gasteiger partial charge in [0.05, 0.1) is 31.2 Å². The first-order chi connectivity index (χ1) is 5.33. The van der Waals surface area contributed by atoms with Crippen LogP contribution in [0.2, 0.25) is 0 Å². The minimum atomic E-state index is -0.117. The summed E-state index contributed by atoms with van der Waals surface area (Å²) in [6.07, 6.45) is -0.116. The number of nitrogens with two attached hydrogens (primary N) is 1. The second-order valence-electron chi connectivity index (χ2n) is 3.00. The summed E-state index contributed by atoms with van der Waals surface area (Å²) in [6.45, 7) is 0.993. The number of hydrogen-bond acceptors (Lipinski definition) is 4. The summed E-state index contributed by atoms with van der Waals surface area (Å²) in [5.41, 5.74) is 5.68. The first-order valence-electron chi connectivity index (χ1n) is 3.71. The third kappa shape index (κ3) is 0.932. The van der Waals surface area contributed by atoms with Gasteiger partial charge in [0.15, 0.2) is 0 Å². The van der Waals surface area contributed by atoms with Crippen molar-refractivity contribution in [3.8, 4) is 6.07 Å². The fourth-order valence-corrected chi connectivity index (χ4v) is 1.64. The lowest BCUT2D eigenvalue weighted by Gasteiger charge is -2.09. The van der Waals surface area contributed by atoms with Gasteiger partial charge in [0, 0.05) is 0 Å². The van der Waals surface area contributed by atoms with Gasteiger partial charge in [-0.2, -0.15) is 5.26 Å². The van der Waals surface area contributed by atoms with E-state index in [4.69, 9.17) is 20.5 Å². The summed E-state index contributed by atoms with van der Waals surface area (Å²) in [5.74, 6) is -0.117. The summed E-state index contributed by atoms with van der Waals surface area (Å²) < 4.78 is 10.6. The molecule has 0 amide bonds. The molecule has 0 aliphatic carbocycles. The van der Waals surface area contributed by atoms with Crippen LogP contribution in [-0.4, -0.2) is 31.5 Å². The van der Waals surface area contributed by atoms with Crippen molar-refractivity contribution in [3.63, 3.8) is 0 Å². The van der Waals surface area contributed by atoms with Gasteiger partial charge in [-0.3, -0.25) is 0 Å². The third-order valence-electron chi connectivity index (χ3n) is 2.26. The van der Waals surface area contributed by atoms with Gasteiger partial charge in [0.1, 0.15) is 12.2 Å². The lowest BCUT2D eigenvalue weighted by atomic mass is 10.0. The lowest BCUT2D eigenvalue weighted by molar-refractivity contribution is 0.0676. The molecule has 4 nitrogen and oxygen atoms in total. The number of hydrogen-bond donors (Lipinski definition) is 1. The lowest BCUT2D eigenvalue weighted by Crippen LogP contribution is -2.35. The Morgan fingerprint density at radius 3 is 2.73 bits per heavy atom. The molecule has 60 valence electrons. The first-order valence-corrected chi connectivity index (χ1v) is 3.71. The topological polar surface area (TPSA) is 68.3 Å². The van der Waals surface area contributed by atoms with Crippen LogP contribution in [0.25, 0.3) is 0 Å². The molecule has 2 N–H and O–H groups in total. The van der Waals surface area contributed by atoms with E-state index in [0.717, 1.165) is 0 Å². The van der Waals surface area contributed by atoms with Crippen molar-refractivity contribution >= 4 is 0 Å². The molecule has 2 heterocycles. The smallest absolute Gasteiger partial charge is 0.103 e. The van der Waals surface area contributed by atoms with Crippen LogP contribution in [0.5, 0.6) is 0 Å². The molecule has 4 heteroatoms. The van der Waals surface area contributed by atoms with Crippen LogP contribution in [0.4, 0.5) is 0 Å². The Morgan fingerprint density at radius 2 is 2.00 bits per heavy atom. The monoisotopic (exact) mass is 154 g/mol. The van der Waals surface area contributed by atoms with Crippen molar-refractivity contribution in [2.75, 3.05) is 13.2 Å². The second kappa shape index (κ2) is 2.45. The Labute approximate surface area is 64.9 Å². The zero-order valence-corrected chi connectivity index (χ0v) is 6.06. The zero-order chi connectivity index (χ0) is 7.84. The molecule has 2 rings (SSSR count). The van der Waals surface area contributed by atoms with Gasteiger partial charge in [0.2, 0.25) is 0 Å². The molecule has 0 bridgehead atoms. The number of ether oxygens (including phenoxy) is 2. The van der Waals surface area contributed by atoms with E-state index < -0.39 is 0 Å². The maximum atomic E-state index is 8.65. The highest BCUT2D eigenvalue weighted by atomic mass is 16.6.